The van der Waals surface area contributed by atoms with Gasteiger partial charge in [0.1, 0.15) is 12.2 Å². The maximum Gasteiger partial charge on any atom is 0.262 e. The molecule has 2 aliphatic rings. The van der Waals surface area contributed by atoms with Crippen LogP contribution in [0, 0.1) is 12.8 Å². The monoisotopic (exact) mass is 520 g/mol. The first-order chi connectivity index (χ1) is 16.6. The highest BCUT2D eigenvalue weighted by atomic mass is 35.5. The highest BCUT2D eigenvalue weighted by Gasteiger charge is 2.34. The molecule has 3 N–H and O–H groups in total. The third-order valence-corrected chi connectivity index (χ3v) is 8.65. The van der Waals surface area contributed by atoms with Crippen molar-refractivity contribution in [3.05, 3.63) is 44.9 Å². The second-order valence-corrected chi connectivity index (χ2v) is 11.9. The smallest absolute Gasteiger partial charge is 0.262 e. The van der Waals surface area contributed by atoms with Gasteiger partial charge in [-0.1, -0.05) is 37.3 Å². The molecule has 0 aliphatic heterocycles. The van der Waals surface area contributed by atoms with Crippen LogP contribution in [-0.2, 0) is 10.3 Å². The average molecular weight is 521 g/mol. The van der Waals surface area contributed by atoms with E-state index in [0.717, 1.165) is 41.9 Å². The number of anilines is 1. The molecule has 2 aliphatic carbocycles. The molecule has 2 saturated carbocycles. The molecule has 9 heteroatoms. The maximum absolute atomic E-state index is 13.2. The minimum absolute atomic E-state index is 0.134. The number of nitrogens with one attached hydrogen (secondary N) is 3. The summed E-state index contributed by atoms with van der Waals surface area (Å²) in [6.07, 6.45) is 6.59. The molecule has 0 aromatic carbocycles. The fourth-order valence-electron chi connectivity index (χ4n) is 4.84. The van der Waals surface area contributed by atoms with E-state index in [1.54, 1.807) is 12.3 Å². The Morgan fingerprint density at radius 3 is 2.66 bits per heavy atom. The Bertz CT molecular complexity index is 1060. The quantitative estimate of drug-likeness (QED) is 0.393. The summed E-state index contributed by atoms with van der Waals surface area (Å²) in [5, 5.41) is 9.93. The van der Waals surface area contributed by atoms with E-state index >= 15 is 0 Å². The number of hydrogen-bond acceptors (Lipinski definition) is 5. The lowest BCUT2D eigenvalue weighted by molar-refractivity contribution is -0.125. The highest BCUT2D eigenvalue weighted by molar-refractivity contribution is 7.14. The van der Waals surface area contributed by atoms with Crippen molar-refractivity contribution in [2.45, 2.75) is 89.5 Å². The van der Waals surface area contributed by atoms with Gasteiger partial charge in [0.05, 0.1) is 26.8 Å². The zero-order valence-electron chi connectivity index (χ0n) is 20.5. The van der Waals surface area contributed by atoms with Crippen molar-refractivity contribution in [3.8, 4) is 0 Å². The van der Waals surface area contributed by atoms with Crippen LogP contribution < -0.4 is 16.0 Å². The molecule has 0 saturated heterocycles. The van der Waals surface area contributed by atoms with Crippen LogP contribution in [0.15, 0.2) is 24.4 Å². The molecular weight excluding hydrogens is 487 g/mol. The summed E-state index contributed by atoms with van der Waals surface area (Å²) in [5.41, 5.74) is 1.21. The van der Waals surface area contributed by atoms with E-state index in [1.807, 2.05) is 32.9 Å². The molecule has 35 heavy (non-hydrogen) atoms. The van der Waals surface area contributed by atoms with Gasteiger partial charge in [-0.05, 0) is 64.2 Å². The van der Waals surface area contributed by atoms with Gasteiger partial charge in [-0.2, -0.15) is 0 Å². The molecule has 2 heterocycles. The third-order valence-electron chi connectivity index (χ3n) is 7.04. The van der Waals surface area contributed by atoms with E-state index < -0.39 is 17.8 Å². The van der Waals surface area contributed by atoms with Crippen LogP contribution in [-0.4, -0.2) is 35.1 Å². The third kappa shape index (κ3) is 6.53. The van der Waals surface area contributed by atoms with E-state index in [9.17, 15) is 14.0 Å². The summed E-state index contributed by atoms with van der Waals surface area (Å²) in [7, 11) is 0. The normalized spacial score (nSPS) is 21.3. The van der Waals surface area contributed by atoms with Crippen LogP contribution in [0.5, 0.6) is 0 Å². The van der Waals surface area contributed by atoms with E-state index in [4.69, 9.17) is 11.6 Å². The zero-order chi connectivity index (χ0) is 25.2. The largest absolute Gasteiger partial charge is 0.374 e. The van der Waals surface area contributed by atoms with E-state index in [2.05, 4.69) is 20.9 Å². The van der Waals surface area contributed by atoms with Crippen molar-refractivity contribution in [3.63, 3.8) is 0 Å². The van der Waals surface area contributed by atoms with Gasteiger partial charge in [-0.15, -0.1) is 11.3 Å². The number of pyridine rings is 1. The number of carbonyl (C=O) groups is 2. The van der Waals surface area contributed by atoms with Crippen molar-refractivity contribution >= 4 is 40.4 Å². The molecule has 0 unspecified atom stereocenters. The number of carbonyl (C=O) groups excluding carboxylic acids is 2. The minimum Gasteiger partial charge on any atom is -0.374 e. The molecule has 2 amide bonds. The molecule has 2 aromatic rings. The fourth-order valence-corrected chi connectivity index (χ4v) is 5.96. The maximum atomic E-state index is 13.2. The standard InChI is InChI=1S/C26H34ClFN4O2S/c1-15-20(11-17(27)14-29-15)32-26(2,3)23-9-8-22(35-23)25(34)31-21(10-16-6-4-5-7-16)24(33)30-19-12-18(28)13-19/h8-9,11,14,16,18-19,21,32H,4-7,10,12-13H2,1-3H3,(H,30,33)(H,31,34)/t18?,19?,21-/m0/s1. The van der Waals surface area contributed by atoms with E-state index in [-0.39, 0.29) is 17.9 Å². The van der Waals surface area contributed by atoms with Crippen LogP contribution in [0.25, 0.3) is 0 Å². The Morgan fingerprint density at radius 1 is 1.26 bits per heavy atom. The molecule has 4 rings (SSSR count). The first kappa shape index (κ1) is 25.9. The van der Waals surface area contributed by atoms with Crippen LogP contribution in [0.1, 0.15) is 79.0 Å². The Kier molecular flexibility index (Phi) is 8.01. The summed E-state index contributed by atoms with van der Waals surface area (Å²) < 4.78 is 13.2. The van der Waals surface area contributed by atoms with Gasteiger partial charge >= 0.3 is 0 Å². The van der Waals surface area contributed by atoms with Crippen molar-refractivity contribution in [2.75, 3.05) is 5.32 Å². The molecule has 0 radical (unpaired) electrons. The first-order valence-corrected chi connectivity index (χ1v) is 13.6. The van der Waals surface area contributed by atoms with Crippen molar-refractivity contribution in [2.24, 2.45) is 5.92 Å². The SMILES string of the molecule is Cc1ncc(Cl)cc1NC(C)(C)c1ccc(C(=O)N[C@@H](CC2CCCC2)C(=O)NC2CC(F)C2)s1. The summed E-state index contributed by atoms with van der Waals surface area (Å²) in [6, 6.07) is 4.83. The van der Waals surface area contributed by atoms with Gasteiger partial charge in [0.2, 0.25) is 5.91 Å². The van der Waals surface area contributed by atoms with Crippen molar-refractivity contribution < 1.29 is 14.0 Å². The van der Waals surface area contributed by atoms with Crippen molar-refractivity contribution in [1.82, 2.24) is 15.6 Å². The Labute approximate surface area is 215 Å². The molecule has 1 atom stereocenters. The number of aryl methyl sites for hydroxylation is 1. The Morgan fingerprint density at radius 2 is 1.97 bits per heavy atom. The number of hydrogen-bond donors (Lipinski definition) is 3. The average Bonchev–Trinajstić information content (AvgIpc) is 3.47. The predicted octanol–water partition coefficient (Wildman–Crippen LogP) is 5.75. The van der Waals surface area contributed by atoms with Crippen LogP contribution in [0.3, 0.4) is 0 Å². The molecule has 0 bridgehead atoms. The predicted molar refractivity (Wildman–Crippen MR) is 139 cm³/mol. The topological polar surface area (TPSA) is 83.1 Å². The second-order valence-electron chi connectivity index (χ2n) is 10.4. The van der Waals surface area contributed by atoms with Crippen LogP contribution in [0.2, 0.25) is 5.02 Å². The van der Waals surface area contributed by atoms with Gasteiger partial charge < -0.3 is 16.0 Å². The highest BCUT2D eigenvalue weighted by Crippen LogP contribution is 2.33. The van der Waals surface area contributed by atoms with Crippen LogP contribution in [0.4, 0.5) is 10.1 Å². The summed E-state index contributed by atoms with van der Waals surface area (Å²) in [5.74, 6) is -0.0319. The Balaban J connectivity index is 1.43. The van der Waals surface area contributed by atoms with Gasteiger partial charge in [0.25, 0.3) is 5.91 Å². The van der Waals surface area contributed by atoms with E-state index in [1.165, 1.54) is 11.3 Å². The van der Waals surface area contributed by atoms with Gasteiger partial charge in [-0.3, -0.25) is 14.6 Å². The summed E-state index contributed by atoms with van der Waals surface area (Å²) in [4.78, 5) is 32.0. The molecule has 2 aromatic heterocycles. The van der Waals surface area contributed by atoms with E-state index in [0.29, 0.717) is 35.1 Å². The zero-order valence-corrected chi connectivity index (χ0v) is 22.1. The Hall–Kier alpha value is -2.19. The van der Waals surface area contributed by atoms with Gasteiger partial charge in [0.15, 0.2) is 0 Å². The minimum atomic E-state index is -0.837. The number of rotatable bonds is 9. The summed E-state index contributed by atoms with van der Waals surface area (Å²) >= 11 is 7.51. The lowest BCUT2D eigenvalue weighted by Gasteiger charge is -2.32. The van der Waals surface area contributed by atoms with Gasteiger partial charge in [-0.25, -0.2) is 4.39 Å². The number of alkyl halides is 1. The number of halogens is 2. The molecule has 190 valence electrons. The van der Waals surface area contributed by atoms with Crippen LogP contribution >= 0.6 is 22.9 Å². The molecule has 0 spiro atoms. The number of nitrogens with zero attached hydrogens (tertiary/aromatic N) is 1. The summed E-state index contributed by atoms with van der Waals surface area (Å²) in [6.45, 7) is 5.98. The van der Waals surface area contributed by atoms with Crippen molar-refractivity contribution in [1.29, 1.82) is 0 Å². The molecule has 6 nitrogen and oxygen atoms in total. The number of aromatic nitrogens is 1. The molecular formula is C26H34ClFN4O2S. The van der Waals surface area contributed by atoms with Gasteiger partial charge in [0, 0.05) is 17.1 Å². The first-order valence-electron chi connectivity index (χ1n) is 12.4. The fraction of sp³-hybridized carbons (Fsp3) is 0.577. The second kappa shape index (κ2) is 10.8. The molecule has 2 fully saturated rings. The lowest BCUT2D eigenvalue weighted by Crippen LogP contribution is -2.53. The number of amides is 2. The number of thiophene rings is 1. The lowest BCUT2D eigenvalue weighted by atomic mass is 9.90.